The van der Waals surface area contributed by atoms with Gasteiger partial charge in [-0.3, -0.25) is 28.7 Å². The first-order valence-electron chi connectivity index (χ1n) is 12.0. The lowest BCUT2D eigenvalue weighted by atomic mass is 10.00. The summed E-state index contributed by atoms with van der Waals surface area (Å²) in [6.07, 6.45) is -13.6. The molecule has 1 aliphatic heterocycles. The van der Waals surface area contributed by atoms with E-state index in [9.17, 15) is 59.1 Å². The summed E-state index contributed by atoms with van der Waals surface area (Å²) in [5.74, 6) is -5.88. The van der Waals surface area contributed by atoms with Crippen LogP contribution < -0.4 is 33.3 Å². The second-order valence-corrected chi connectivity index (χ2v) is 9.02. The zero-order chi connectivity index (χ0) is 31.9. The summed E-state index contributed by atoms with van der Waals surface area (Å²) in [5.41, 5.74) is 8.49. The van der Waals surface area contributed by atoms with E-state index in [4.69, 9.17) is 21.3 Å². The number of hydrogen-bond donors (Lipinski definition) is 11. The molecule has 1 aromatic rings. The number of aromatic amines is 1. The predicted molar refractivity (Wildman–Crippen MR) is 131 cm³/mol. The van der Waals surface area contributed by atoms with Gasteiger partial charge in [-0.15, -0.1) is 0 Å². The van der Waals surface area contributed by atoms with E-state index in [-0.39, 0.29) is 0 Å². The molecule has 21 heteroatoms. The average Bonchev–Trinajstić information content (AvgIpc) is 3.20. The lowest BCUT2D eigenvalue weighted by Crippen LogP contribution is -2.63. The van der Waals surface area contributed by atoms with E-state index in [0.717, 1.165) is 12.3 Å². The fourth-order valence-electron chi connectivity index (χ4n) is 3.81. The van der Waals surface area contributed by atoms with E-state index in [1.165, 1.54) is 0 Å². The molecule has 0 saturated carbocycles. The quantitative estimate of drug-likeness (QED) is 0.0936. The fraction of sp³-hybridized carbons (Fsp3) is 0.571. The van der Waals surface area contributed by atoms with Gasteiger partial charge in [-0.1, -0.05) is 0 Å². The van der Waals surface area contributed by atoms with Crippen molar-refractivity contribution in [3.8, 4) is 0 Å². The van der Waals surface area contributed by atoms with Crippen molar-refractivity contribution in [2.75, 3.05) is 6.61 Å². The van der Waals surface area contributed by atoms with Crippen LogP contribution in [0.15, 0.2) is 21.9 Å². The Morgan fingerprint density at radius 2 is 1.71 bits per heavy atom. The number of hydrogen-bond acceptors (Lipinski definition) is 14. The third-order valence-corrected chi connectivity index (χ3v) is 6.03. The number of H-pyrrole nitrogens is 1. The van der Waals surface area contributed by atoms with Crippen molar-refractivity contribution in [3.63, 3.8) is 0 Å². The zero-order valence-electron chi connectivity index (χ0n) is 21.4. The molecule has 1 aliphatic rings. The highest BCUT2D eigenvalue weighted by molar-refractivity contribution is 5.92. The molecule has 0 spiro atoms. The van der Waals surface area contributed by atoms with E-state index in [1.54, 1.807) is 0 Å². The monoisotopic (exact) mass is 606 g/mol. The van der Waals surface area contributed by atoms with Crippen molar-refractivity contribution >= 4 is 29.8 Å². The highest BCUT2D eigenvalue weighted by Gasteiger charge is 2.50. The highest BCUT2D eigenvalue weighted by atomic mass is 16.6. The van der Waals surface area contributed by atoms with Crippen molar-refractivity contribution in [2.45, 2.75) is 67.7 Å². The smallest absolute Gasteiger partial charge is 0.404 e. The number of aromatic nitrogens is 2. The van der Waals surface area contributed by atoms with Gasteiger partial charge in [-0.05, 0) is 6.42 Å². The molecule has 0 aromatic carbocycles. The largest absolute Gasteiger partial charge is 0.481 e. The molecular weight excluding hydrogens is 576 g/mol. The van der Waals surface area contributed by atoms with Gasteiger partial charge in [0, 0.05) is 18.7 Å². The number of carbonyl (C=O) groups is 5. The first-order chi connectivity index (χ1) is 19.5. The van der Waals surface area contributed by atoms with Crippen molar-refractivity contribution in [2.24, 2.45) is 11.5 Å². The van der Waals surface area contributed by atoms with Crippen LogP contribution in [0.5, 0.6) is 0 Å². The molecule has 0 radical (unpaired) electrons. The van der Waals surface area contributed by atoms with Crippen LogP contribution in [-0.4, -0.2) is 125 Å². The number of aliphatic hydroxyl groups is 4. The van der Waals surface area contributed by atoms with Crippen LogP contribution in [0.3, 0.4) is 0 Å². The standard InChI is InChI=1S/C21H30N6O15/c22-10(12(32)7(28)5-41-20(23)39)16(35)26-11(17(36)24-6(19(37)38)1-2-9(30)31)15-13(33)14(34)18(42-15)27-4-3-8(29)25-21(27)40/h3-4,6-7,10-15,18,28,32-34H,1-2,5,22H2,(H2,23,39)(H,24,36)(H,26,35)(H,30,31)(H,37,38)(H,25,29,40)/t6?,7-,10-,11-,12+,13-,14+,15+,18+/m0/s1. The number of aliphatic carboxylic acids is 2. The summed E-state index contributed by atoms with van der Waals surface area (Å²) in [6, 6.07) is -5.15. The van der Waals surface area contributed by atoms with Crippen LogP contribution in [0.4, 0.5) is 4.79 Å². The Bertz CT molecular complexity index is 1280. The number of nitrogens with zero attached hydrogens (tertiary/aromatic N) is 1. The summed E-state index contributed by atoms with van der Waals surface area (Å²) in [7, 11) is 0. The third kappa shape index (κ3) is 8.55. The van der Waals surface area contributed by atoms with Gasteiger partial charge in [0.2, 0.25) is 11.8 Å². The van der Waals surface area contributed by atoms with Crippen molar-refractivity contribution in [1.29, 1.82) is 0 Å². The van der Waals surface area contributed by atoms with Crippen LogP contribution >= 0.6 is 0 Å². The Labute approximate surface area is 233 Å². The molecule has 13 N–H and O–H groups in total. The molecule has 21 nitrogen and oxygen atoms in total. The lowest BCUT2D eigenvalue weighted by molar-refractivity contribution is -0.145. The number of aliphatic hydroxyl groups excluding tert-OH is 4. The summed E-state index contributed by atoms with van der Waals surface area (Å²) in [5, 5.41) is 63.5. The number of ether oxygens (including phenoxy) is 2. The maximum Gasteiger partial charge on any atom is 0.404 e. The molecule has 42 heavy (non-hydrogen) atoms. The van der Waals surface area contributed by atoms with Gasteiger partial charge in [-0.25, -0.2) is 14.4 Å². The van der Waals surface area contributed by atoms with Crippen LogP contribution in [0.1, 0.15) is 19.1 Å². The van der Waals surface area contributed by atoms with Crippen LogP contribution in [-0.2, 0) is 28.7 Å². The topological polar surface area (TPSA) is 356 Å². The third-order valence-electron chi connectivity index (χ3n) is 6.03. The van der Waals surface area contributed by atoms with E-state index in [1.807, 2.05) is 15.6 Å². The fourth-order valence-corrected chi connectivity index (χ4v) is 3.81. The van der Waals surface area contributed by atoms with Crippen molar-refractivity contribution in [3.05, 3.63) is 33.1 Å². The zero-order valence-corrected chi connectivity index (χ0v) is 21.4. The summed E-state index contributed by atoms with van der Waals surface area (Å²) in [4.78, 5) is 84.7. The Morgan fingerprint density at radius 1 is 1.07 bits per heavy atom. The Kier molecular flexibility index (Phi) is 11.6. The predicted octanol–water partition coefficient (Wildman–Crippen LogP) is -6.78. The minimum absolute atomic E-state index is 0.618. The molecule has 2 rings (SSSR count). The molecule has 9 atom stereocenters. The lowest BCUT2D eigenvalue weighted by Gasteiger charge is -2.29. The van der Waals surface area contributed by atoms with Gasteiger partial charge in [0.05, 0.1) is 0 Å². The Morgan fingerprint density at radius 3 is 2.26 bits per heavy atom. The van der Waals surface area contributed by atoms with Gasteiger partial charge in [0.15, 0.2) is 6.23 Å². The maximum absolute atomic E-state index is 13.2. The second-order valence-electron chi connectivity index (χ2n) is 9.02. The number of carboxylic acids is 2. The van der Waals surface area contributed by atoms with Gasteiger partial charge >= 0.3 is 23.7 Å². The van der Waals surface area contributed by atoms with Gasteiger partial charge in [0.1, 0.15) is 55.3 Å². The molecule has 1 aromatic heterocycles. The molecule has 3 amide bonds. The Hall–Kier alpha value is -4.41. The number of primary amides is 1. The minimum atomic E-state index is -2.14. The SMILES string of the molecule is NC(=O)OC[C@H](O)[C@@H](O)[C@H](N)C(=O)N[C@H](C(=O)NC(CCC(=O)O)C(=O)O)[C@H]1O[C@@H](n2ccc(=O)[nH]c2=O)[C@H](O)[C@@H]1O. The number of carboxylic acid groups (broad SMARTS) is 2. The summed E-state index contributed by atoms with van der Waals surface area (Å²) < 4.78 is 10.4. The number of nitrogens with two attached hydrogens (primary N) is 2. The average molecular weight is 606 g/mol. The van der Waals surface area contributed by atoms with E-state index >= 15 is 0 Å². The van der Waals surface area contributed by atoms with E-state index in [2.05, 4.69) is 4.74 Å². The summed E-state index contributed by atoms with van der Waals surface area (Å²) >= 11 is 0. The van der Waals surface area contributed by atoms with Crippen LogP contribution in [0.2, 0.25) is 0 Å². The molecule has 1 saturated heterocycles. The number of rotatable bonds is 14. The van der Waals surface area contributed by atoms with Gasteiger partial charge in [0.25, 0.3) is 5.56 Å². The van der Waals surface area contributed by atoms with Crippen molar-refractivity contribution in [1.82, 2.24) is 20.2 Å². The van der Waals surface area contributed by atoms with Crippen LogP contribution in [0, 0.1) is 0 Å². The van der Waals surface area contributed by atoms with Crippen LogP contribution in [0.25, 0.3) is 0 Å². The highest BCUT2D eigenvalue weighted by Crippen LogP contribution is 2.30. The first kappa shape index (κ1) is 33.8. The molecule has 2 heterocycles. The van der Waals surface area contributed by atoms with Crippen molar-refractivity contribution < 1.29 is 64.1 Å². The van der Waals surface area contributed by atoms with E-state index in [0.29, 0.717) is 4.57 Å². The Balaban J connectivity index is 2.38. The molecule has 0 bridgehead atoms. The van der Waals surface area contributed by atoms with Gasteiger partial charge in [-0.2, -0.15) is 0 Å². The molecular formula is C21H30N6O15. The first-order valence-corrected chi connectivity index (χ1v) is 12.0. The number of amides is 3. The number of nitrogens with one attached hydrogen (secondary N) is 3. The molecule has 0 aliphatic carbocycles. The second kappa shape index (κ2) is 14.5. The summed E-state index contributed by atoms with van der Waals surface area (Å²) in [6.45, 7) is -0.891. The van der Waals surface area contributed by atoms with Gasteiger partial charge < -0.3 is 62.2 Å². The molecule has 234 valence electrons. The molecule has 1 fully saturated rings. The molecule has 1 unspecified atom stereocenters. The number of carbonyl (C=O) groups excluding carboxylic acids is 3. The normalized spacial score (nSPS) is 23.5. The minimum Gasteiger partial charge on any atom is -0.481 e. The maximum atomic E-state index is 13.2. The van der Waals surface area contributed by atoms with E-state index < -0.39 is 115 Å².